The molecule has 158 valence electrons. The lowest BCUT2D eigenvalue weighted by molar-refractivity contribution is -0.121. The molecule has 1 heterocycles. The molecule has 0 aliphatic rings. The largest absolute Gasteiger partial charge is 0.452 e. The highest BCUT2D eigenvalue weighted by Crippen LogP contribution is 2.33. The highest BCUT2D eigenvalue weighted by molar-refractivity contribution is 6.33. The highest BCUT2D eigenvalue weighted by atomic mass is 35.5. The van der Waals surface area contributed by atoms with E-state index < -0.39 is 24.3 Å². The van der Waals surface area contributed by atoms with Crippen LogP contribution >= 0.6 is 11.6 Å². The SMILES string of the molecule is Cc1onc(-c2c(F)cccc2Cl)c1C(=O)OCC(=O)N(CCC#N)c1ccccc1. The van der Waals surface area contributed by atoms with Crippen LogP contribution in [-0.4, -0.2) is 30.2 Å². The fourth-order valence-corrected chi connectivity index (χ4v) is 3.20. The van der Waals surface area contributed by atoms with Crippen molar-refractivity contribution < 1.29 is 23.2 Å². The van der Waals surface area contributed by atoms with Crippen LogP contribution in [0.25, 0.3) is 11.3 Å². The van der Waals surface area contributed by atoms with Gasteiger partial charge in [0.2, 0.25) is 0 Å². The summed E-state index contributed by atoms with van der Waals surface area (Å²) in [5.41, 5.74) is 0.239. The number of carbonyl (C=O) groups excluding carboxylic acids is 2. The third kappa shape index (κ3) is 4.90. The van der Waals surface area contributed by atoms with Gasteiger partial charge in [0.25, 0.3) is 5.91 Å². The maximum absolute atomic E-state index is 14.3. The molecule has 0 radical (unpaired) electrons. The number of esters is 1. The van der Waals surface area contributed by atoms with Crippen molar-refractivity contribution in [3.05, 3.63) is 70.7 Å². The molecule has 31 heavy (non-hydrogen) atoms. The number of hydrogen-bond donors (Lipinski definition) is 0. The fourth-order valence-electron chi connectivity index (χ4n) is 2.95. The van der Waals surface area contributed by atoms with E-state index in [1.807, 2.05) is 6.07 Å². The van der Waals surface area contributed by atoms with Crippen molar-refractivity contribution in [3.63, 3.8) is 0 Å². The molecule has 0 fully saturated rings. The van der Waals surface area contributed by atoms with Crippen molar-refractivity contribution in [2.75, 3.05) is 18.1 Å². The fraction of sp³-hybridized carbons (Fsp3) is 0.182. The molecular formula is C22H17ClFN3O4. The Morgan fingerprint density at radius 2 is 1.97 bits per heavy atom. The lowest BCUT2D eigenvalue weighted by Crippen LogP contribution is -2.35. The summed E-state index contributed by atoms with van der Waals surface area (Å²) >= 11 is 6.07. The number of carbonyl (C=O) groups is 2. The molecule has 3 aromatic rings. The summed E-state index contributed by atoms with van der Waals surface area (Å²) in [4.78, 5) is 26.8. The third-order valence-electron chi connectivity index (χ3n) is 4.41. The Balaban J connectivity index is 1.80. The summed E-state index contributed by atoms with van der Waals surface area (Å²) in [6, 6.07) is 14.7. The first-order valence-corrected chi connectivity index (χ1v) is 9.62. The van der Waals surface area contributed by atoms with Crippen molar-refractivity contribution in [3.8, 4) is 17.3 Å². The van der Waals surface area contributed by atoms with Crippen LogP contribution in [0.15, 0.2) is 53.1 Å². The average molecular weight is 442 g/mol. The van der Waals surface area contributed by atoms with E-state index in [0.717, 1.165) is 0 Å². The number of amides is 1. The number of aromatic nitrogens is 1. The normalized spacial score (nSPS) is 10.4. The van der Waals surface area contributed by atoms with E-state index in [9.17, 15) is 14.0 Å². The second-order valence-corrected chi connectivity index (χ2v) is 6.83. The van der Waals surface area contributed by atoms with Crippen LogP contribution in [0.1, 0.15) is 22.5 Å². The van der Waals surface area contributed by atoms with Crippen LogP contribution in [0, 0.1) is 24.1 Å². The number of ether oxygens (including phenoxy) is 1. The first-order valence-electron chi connectivity index (χ1n) is 9.24. The zero-order chi connectivity index (χ0) is 22.4. The van der Waals surface area contributed by atoms with Gasteiger partial charge in [-0.1, -0.05) is 41.0 Å². The molecule has 2 aromatic carbocycles. The molecule has 3 rings (SSSR count). The molecule has 0 aliphatic heterocycles. The number of nitriles is 1. The second kappa shape index (κ2) is 9.87. The van der Waals surface area contributed by atoms with Crippen LogP contribution in [0.4, 0.5) is 10.1 Å². The van der Waals surface area contributed by atoms with Crippen LogP contribution in [0.5, 0.6) is 0 Å². The lowest BCUT2D eigenvalue weighted by Gasteiger charge is -2.21. The van der Waals surface area contributed by atoms with Crippen LogP contribution in [0.3, 0.4) is 0 Å². The number of halogens is 2. The molecule has 1 aromatic heterocycles. The standard InChI is InChI=1S/C22H17ClFN3O4/c1-14-19(21(26-31-14)20-16(23)9-5-10-17(20)24)22(29)30-13-18(28)27(12-6-11-25)15-7-3-2-4-8-15/h2-5,7-10H,6,12-13H2,1H3. The Labute approximate surface area is 182 Å². The van der Waals surface area contributed by atoms with Gasteiger partial charge in [0.15, 0.2) is 6.61 Å². The predicted octanol–water partition coefficient (Wildman–Crippen LogP) is 4.55. The monoisotopic (exact) mass is 441 g/mol. The smallest absolute Gasteiger partial charge is 0.344 e. The Kier molecular flexibility index (Phi) is 7.00. The minimum atomic E-state index is -0.908. The van der Waals surface area contributed by atoms with Crippen LogP contribution in [-0.2, 0) is 9.53 Å². The van der Waals surface area contributed by atoms with Gasteiger partial charge in [-0.25, -0.2) is 9.18 Å². The van der Waals surface area contributed by atoms with Gasteiger partial charge in [-0.2, -0.15) is 5.26 Å². The second-order valence-electron chi connectivity index (χ2n) is 6.42. The van der Waals surface area contributed by atoms with Gasteiger partial charge < -0.3 is 14.2 Å². The van der Waals surface area contributed by atoms with Gasteiger partial charge in [-0.3, -0.25) is 4.79 Å². The molecule has 0 aliphatic carbocycles. The minimum absolute atomic E-state index is 0.0465. The Morgan fingerprint density at radius 1 is 1.23 bits per heavy atom. The Hall–Kier alpha value is -3.70. The molecule has 7 nitrogen and oxygen atoms in total. The number of para-hydroxylation sites is 1. The maximum atomic E-state index is 14.3. The third-order valence-corrected chi connectivity index (χ3v) is 4.72. The van der Waals surface area contributed by atoms with Gasteiger partial charge in [0, 0.05) is 12.2 Å². The molecule has 0 atom stereocenters. The first kappa shape index (κ1) is 22.0. The van der Waals surface area contributed by atoms with Crippen molar-refractivity contribution in [2.45, 2.75) is 13.3 Å². The first-order chi connectivity index (χ1) is 14.9. The Morgan fingerprint density at radius 3 is 2.65 bits per heavy atom. The summed E-state index contributed by atoms with van der Waals surface area (Å²) < 4.78 is 24.5. The van der Waals surface area contributed by atoms with E-state index >= 15 is 0 Å². The number of benzene rings is 2. The molecule has 9 heteroatoms. The van der Waals surface area contributed by atoms with E-state index in [1.54, 1.807) is 30.3 Å². The van der Waals surface area contributed by atoms with Crippen molar-refractivity contribution in [1.29, 1.82) is 5.26 Å². The van der Waals surface area contributed by atoms with E-state index in [1.165, 1.54) is 30.0 Å². The lowest BCUT2D eigenvalue weighted by atomic mass is 10.1. The van der Waals surface area contributed by atoms with Crippen molar-refractivity contribution in [1.82, 2.24) is 5.16 Å². The Bertz CT molecular complexity index is 1120. The molecule has 0 saturated heterocycles. The molecule has 0 saturated carbocycles. The van der Waals surface area contributed by atoms with Crippen LogP contribution in [0.2, 0.25) is 5.02 Å². The molecule has 0 N–H and O–H groups in total. The van der Waals surface area contributed by atoms with E-state index in [2.05, 4.69) is 5.16 Å². The number of anilines is 1. The van der Waals surface area contributed by atoms with E-state index in [0.29, 0.717) is 5.69 Å². The highest BCUT2D eigenvalue weighted by Gasteiger charge is 2.27. The molecule has 1 amide bonds. The van der Waals surface area contributed by atoms with Crippen molar-refractivity contribution >= 4 is 29.2 Å². The summed E-state index contributed by atoms with van der Waals surface area (Å²) in [5, 5.41) is 12.7. The van der Waals surface area contributed by atoms with Gasteiger partial charge in [-0.15, -0.1) is 0 Å². The average Bonchev–Trinajstić information content (AvgIpc) is 3.14. The van der Waals surface area contributed by atoms with Gasteiger partial charge in [-0.05, 0) is 31.2 Å². The number of aryl methyl sites for hydroxylation is 1. The topological polar surface area (TPSA) is 96.4 Å². The molecule has 0 unspecified atom stereocenters. The number of hydrogen-bond acceptors (Lipinski definition) is 6. The van der Waals surface area contributed by atoms with Crippen LogP contribution < -0.4 is 4.90 Å². The molecule has 0 spiro atoms. The summed E-state index contributed by atoms with van der Waals surface area (Å²) in [7, 11) is 0. The minimum Gasteiger partial charge on any atom is -0.452 e. The number of rotatable bonds is 7. The molecular weight excluding hydrogens is 425 g/mol. The van der Waals surface area contributed by atoms with E-state index in [4.69, 9.17) is 26.1 Å². The zero-order valence-electron chi connectivity index (χ0n) is 16.5. The maximum Gasteiger partial charge on any atom is 0.344 e. The number of nitrogens with zero attached hydrogens (tertiary/aromatic N) is 3. The zero-order valence-corrected chi connectivity index (χ0v) is 17.2. The quantitative estimate of drug-likeness (QED) is 0.499. The van der Waals surface area contributed by atoms with Crippen molar-refractivity contribution in [2.24, 2.45) is 0 Å². The van der Waals surface area contributed by atoms with Gasteiger partial charge in [0.1, 0.15) is 22.8 Å². The summed E-state index contributed by atoms with van der Waals surface area (Å²) in [5.74, 6) is -2.02. The van der Waals surface area contributed by atoms with Gasteiger partial charge >= 0.3 is 5.97 Å². The predicted molar refractivity (Wildman–Crippen MR) is 111 cm³/mol. The summed E-state index contributed by atoms with van der Waals surface area (Å²) in [6.45, 7) is 1.01. The van der Waals surface area contributed by atoms with Gasteiger partial charge in [0.05, 0.1) is 23.1 Å². The summed E-state index contributed by atoms with van der Waals surface area (Å²) in [6.07, 6.45) is 0.106. The van der Waals surface area contributed by atoms with E-state index in [-0.39, 0.29) is 40.6 Å². The molecule has 0 bridgehead atoms.